The van der Waals surface area contributed by atoms with Crippen molar-refractivity contribution in [3.05, 3.63) is 50.1 Å². The van der Waals surface area contributed by atoms with Crippen LogP contribution in [0.15, 0.2) is 34.1 Å². The molecule has 4 heteroatoms. The molecule has 0 unspecified atom stereocenters. The minimum Gasteiger partial charge on any atom is -0.384 e. The van der Waals surface area contributed by atoms with Crippen molar-refractivity contribution in [3.63, 3.8) is 0 Å². The van der Waals surface area contributed by atoms with Gasteiger partial charge < -0.3 is 10.6 Å². The molecule has 1 aromatic heterocycles. The van der Waals surface area contributed by atoms with E-state index in [1.54, 1.807) is 11.3 Å². The Morgan fingerprint density at radius 2 is 2.22 bits per heavy atom. The van der Waals surface area contributed by atoms with Gasteiger partial charge in [0.2, 0.25) is 0 Å². The molecule has 3 rings (SSSR count). The standard InChI is InChI=1S/C14H15BrN2S/c15-12-6-13(18-9-12)8-16-7-10-1-2-14-11(5-10)3-4-17-14/h1-2,5-6,9,16-17H,3-4,7-8H2. The number of hydrogen-bond donors (Lipinski definition) is 2. The van der Waals surface area contributed by atoms with E-state index in [1.807, 2.05) is 0 Å². The normalized spacial score (nSPS) is 13.4. The molecule has 94 valence electrons. The third-order valence-electron chi connectivity index (χ3n) is 3.13. The summed E-state index contributed by atoms with van der Waals surface area (Å²) in [7, 11) is 0. The van der Waals surface area contributed by atoms with Crippen molar-refractivity contribution in [2.75, 3.05) is 11.9 Å². The molecule has 0 saturated heterocycles. The van der Waals surface area contributed by atoms with Gasteiger partial charge in [-0.1, -0.05) is 12.1 Å². The summed E-state index contributed by atoms with van der Waals surface area (Å²) >= 11 is 5.26. The molecule has 0 atom stereocenters. The third-order valence-corrected chi connectivity index (χ3v) is 4.83. The Kier molecular flexibility index (Phi) is 3.68. The van der Waals surface area contributed by atoms with Crippen LogP contribution in [0.2, 0.25) is 0 Å². The van der Waals surface area contributed by atoms with Crippen LogP contribution in [-0.2, 0) is 19.5 Å². The molecule has 1 aliphatic rings. The van der Waals surface area contributed by atoms with Crippen LogP contribution in [0.5, 0.6) is 0 Å². The van der Waals surface area contributed by atoms with Gasteiger partial charge >= 0.3 is 0 Å². The highest BCUT2D eigenvalue weighted by Gasteiger charge is 2.09. The Bertz CT molecular complexity index is 550. The first-order valence-corrected chi connectivity index (χ1v) is 7.78. The van der Waals surface area contributed by atoms with E-state index >= 15 is 0 Å². The van der Waals surface area contributed by atoms with Crippen molar-refractivity contribution in [1.29, 1.82) is 0 Å². The van der Waals surface area contributed by atoms with Crippen LogP contribution in [0.1, 0.15) is 16.0 Å². The number of rotatable bonds is 4. The van der Waals surface area contributed by atoms with Crippen LogP contribution in [0, 0.1) is 0 Å². The molecule has 0 bridgehead atoms. The quantitative estimate of drug-likeness (QED) is 0.895. The van der Waals surface area contributed by atoms with Gasteiger partial charge in [0.25, 0.3) is 0 Å². The predicted molar refractivity (Wildman–Crippen MR) is 81.2 cm³/mol. The number of hydrogen-bond acceptors (Lipinski definition) is 3. The number of benzene rings is 1. The zero-order chi connectivity index (χ0) is 12.4. The van der Waals surface area contributed by atoms with E-state index < -0.39 is 0 Å². The highest BCUT2D eigenvalue weighted by atomic mass is 79.9. The third kappa shape index (κ3) is 2.76. The molecule has 1 aromatic carbocycles. The Balaban J connectivity index is 1.57. The molecule has 0 amide bonds. The van der Waals surface area contributed by atoms with Crippen molar-refractivity contribution >= 4 is 33.0 Å². The number of nitrogens with one attached hydrogen (secondary N) is 2. The lowest BCUT2D eigenvalue weighted by molar-refractivity contribution is 0.700. The summed E-state index contributed by atoms with van der Waals surface area (Å²) in [5.41, 5.74) is 4.13. The van der Waals surface area contributed by atoms with Crippen LogP contribution >= 0.6 is 27.3 Å². The summed E-state index contributed by atoms with van der Waals surface area (Å²) in [6.07, 6.45) is 1.15. The smallest absolute Gasteiger partial charge is 0.0373 e. The summed E-state index contributed by atoms with van der Waals surface area (Å²) < 4.78 is 1.17. The molecule has 0 spiro atoms. The van der Waals surface area contributed by atoms with Gasteiger partial charge in [-0.2, -0.15) is 0 Å². The molecular formula is C14H15BrN2S. The molecule has 1 aliphatic heterocycles. The van der Waals surface area contributed by atoms with E-state index in [0.717, 1.165) is 26.1 Å². The van der Waals surface area contributed by atoms with Crippen molar-refractivity contribution in [1.82, 2.24) is 5.32 Å². The lowest BCUT2D eigenvalue weighted by atomic mass is 10.1. The highest BCUT2D eigenvalue weighted by molar-refractivity contribution is 9.10. The Hall–Kier alpha value is -0.840. The van der Waals surface area contributed by atoms with Crippen LogP contribution < -0.4 is 10.6 Å². The van der Waals surface area contributed by atoms with Crippen LogP contribution in [-0.4, -0.2) is 6.54 Å². The second-order valence-electron chi connectivity index (χ2n) is 4.50. The van der Waals surface area contributed by atoms with E-state index in [2.05, 4.69) is 56.2 Å². The van der Waals surface area contributed by atoms with Gasteiger partial charge in [0.05, 0.1) is 0 Å². The molecule has 2 heterocycles. The van der Waals surface area contributed by atoms with Gasteiger partial charge in [-0.25, -0.2) is 0 Å². The lowest BCUT2D eigenvalue weighted by Crippen LogP contribution is -2.11. The van der Waals surface area contributed by atoms with E-state index in [0.29, 0.717) is 0 Å². The topological polar surface area (TPSA) is 24.1 Å². The molecule has 0 fully saturated rings. The minimum absolute atomic E-state index is 0.933. The first-order chi connectivity index (χ1) is 8.81. The van der Waals surface area contributed by atoms with Gasteiger partial charge in [-0.15, -0.1) is 11.3 Å². The average Bonchev–Trinajstić information content (AvgIpc) is 2.97. The first-order valence-electron chi connectivity index (χ1n) is 6.10. The summed E-state index contributed by atoms with van der Waals surface area (Å²) in [5, 5.41) is 9.00. The number of halogens is 1. The number of thiophene rings is 1. The maximum atomic E-state index is 3.49. The van der Waals surface area contributed by atoms with Crippen molar-refractivity contribution in [2.24, 2.45) is 0 Å². The van der Waals surface area contributed by atoms with Crippen molar-refractivity contribution < 1.29 is 0 Å². The molecule has 2 N–H and O–H groups in total. The van der Waals surface area contributed by atoms with Gasteiger partial charge in [-0.3, -0.25) is 0 Å². The van der Waals surface area contributed by atoms with E-state index in [1.165, 1.54) is 26.2 Å². The van der Waals surface area contributed by atoms with Crippen molar-refractivity contribution in [2.45, 2.75) is 19.5 Å². The zero-order valence-corrected chi connectivity index (χ0v) is 12.4. The fraction of sp³-hybridized carbons (Fsp3) is 0.286. The Labute approximate surface area is 120 Å². The van der Waals surface area contributed by atoms with E-state index in [4.69, 9.17) is 0 Å². The molecule has 0 aliphatic carbocycles. The summed E-state index contributed by atoms with van der Waals surface area (Å²) in [6, 6.07) is 8.88. The highest BCUT2D eigenvalue weighted by Crippen LogP contribution is 2.23. The maximum absolute atomic E-state index is 3.49. The van der Waals surface area contributed by atoms with E-state index in [9.17, 15) is 0 Å². The predicted octanol–water partition coefficient (Wildman–Crippen LogP) is 3.77. The first kappa shape index (κ1) is 12.2. The molecule has 2 aromatic rings. The minimum atomic E-state index is 0.933. The Morgan fingerprint density at radius 1 is 1.28 bits per heavy atom. The monoisotopic (exact) mass is 322 g/mol. The molecule has 0 radical (unpaired) electrons. The number of fused-ring (bicyclic) bond motifs is 1. The zero-order valence-electron chi connectivity index (χ0n) is 10.0. The SMILES string of the molecule is Brc1csc(CNCc2ccc3c(c2)CCN3)c1. The van der Waals surface area contributed by atoms with Crippen LogP contribution in [0.4, 0.5) is 5.69 Å². The largest absolute Gasteiger partial charge is 0.384 e. The van der Waals surface area contributed by atoms with Gasteiger partial charge in [0.15, 0.2) is 0 Å². The fourth-order valence-corrected chi connectivity index (χ4v) is 3.67. The average molecular weight is 323 g/mol. The van der Waals surface area contributed by atoms with Crippen molar-refractivity contribution in [3.8, 4) is 0 Å². The van der Waals surface area contributed by atoms with Crippen LogP contribution in [0.25, 0.3) is 0 Å². The maximum Gasteiger partial charge on any atom is 0.0373 e. The molecular weight excluding hydrogens is 308 g/mol. The second kappa shape index (κ2) is 5.43. The second-order valence-corrected chi connectivity index (χ2v) is 6.41. The van der Waals surface area contributed by atoms with E-state index in [-0.39, 0.29) is 0 Å². The lowest BCUT2D eigenvalue weighted by Gasteiger charge is -2.06. The van der Waals surface area contributed by atoms with Gasteiger partial charge in [-0.05, 0) is 45.6 Å². The van der Waals surface area contributed by atoms with Gasteiger partial charge in [0, 0.05) is 40.1 Å². The van der Waals surface area contributed by atoms with Gasteiger partial charge in [0.1, 0.15) is 0 Å². The fourth-order valence-electron chi connectivity index (χ4n) is 2.24. The summed E-state index contributed by atoms with van der Waals surface area (Å²) in [6.45, 7) is 2.95. The summed E-state index contributed by atoms with van der Waals surface area (Å²) in [4.78, 5) is 1.37. The summed E-state index contributed by atoms with van der Waals surface area (Å²) in [5.74, 6) is 0. The Morgan fingerprint density at radius 3 is 3.06 bits per heavy atom. The van der Waals surface area contributed by atoms with Crippen LogP contribution in [0.3, 0.4) is 0 Å². The number of anilines is 1. The molecule has 2 nitrogen and oxygen atoms in total. The molecule has 18 heavy (non-hydrogen) atoms. The molecule has 0 saturated carbocycles.